The van der Waals surface area contributed by atoms with Gasteiger partial charge in [0.25, 0.3) is 0 Å². The summed E-state index contributed by atoms with van der Waals surface area (Å²) in [6.45, 7) is 4.12. The highest BCUT2D eigenvalue weighted by Gasteiger charge is 2.01. The zero-order valence-electron chi connectivity index (χ0n) is 6.57. The first-order valence-corrected chi connectivity index (χ1v) is 4.63. The van der Waals surface area contributed by atoms with Crippen LogP contribution in [0.15, 0.2) is 18.2 Å². The minimum Gasteiger partial charge on any atom is -0.207 e. The lowest BCUT2D eigenvalue weighted by Crippen LogP contribution is -1.89. The molecule has 1 rings (SSSR count). The first-order valence-electron chi connectivity index (χ1n) is 3.55. The molecule has 60 valence electrons. The summed E-state index contributed by atoms with van der Waals surface area (Å²) in [6, 6.07) is 5.13. The van der Waals surface area contributed by atoms with Crippen LogP contribution in [0.5, 0.6) is 0 Å². The molecule has 0 unspecified atom stereocenters. The Kier molecular flexibility index (Phi) is 2.87. The van der Waals surface area contributed by atoms with Crippen LogP contribution in [-0.2, 0) is 0 Å². The zero-order valence-corrected chi connectivity index (χ0v) is 8.72. The maximum absolute atomic E-state index is 12.8. The molecule has 0 spiro atoms. The van der Waals surface area contributed by atoms with Gasteiger partial charge in [-0.15, -0.1) is 0 Å². The standard InChI is InChI=1S/C9H10FI/c1-6(2)7-3-8(10)5-9(11)4-7/h3-6H,1-2H3. The Hall–Kier alpha value is -0.120. The largest absolute Gasteiger partial charge is 0.207 e. The van der Waals surface area contributed by atoms with Crippen molar-refractivity contribution < 1.29 is 4.39 Å². The highest BCUT2D eigenvalue weighted by Crippen LogP contribution is 2.18. The molecule has 2 heteroatoms. The number of hydrogen-bond acceptors (Lipinski definition) is 0. The summed E-state index contributed by atoms with van der Waals surface area (Å²) < 4.78 is 13.7. The van der Waals surface area contributed by atoms with Gasteiger partial charge in [0.1, 0.15) is 5.82 Å². The van der Waals surface area contributed by atoms with Gasteiger partial charge in [0.2, 0.25) is 0 Å². The summed E-state index contributed by atoms with van der Waals surface area (Å²) in [5.41, 5.74) is 1.06. The second kappa shape index (κ2) is 3.52. The Morgan fingerprint density at radius 3 is 2.36 bits per heavy atom. The molecule has 0 nitrogen and oxygen atoms in total. The predicted octanol–water partition coefficient (Wildman–Crippen LogP) is 3.55. The molecule has 0 aliphatic rings. The lowest BCUT2D eigenvalue weighted by Gasteiger charge is -2.05. The van der Waals surface area contributed by atoms with Crippen molar-refractivity contribution in [2.45, 2.75) is 19.8 Å². The molecular formula is C9H10FI. The van der Waals surface area contributed by atoms with E-state index >= 15 is 0 Å². The molecule has 11 heavy (non-hydrogen) atoms. The Morgan fingerprint density at radius 1 is 1.27 bits per heavy atom. The number of hydrogen-bond donors (Lipinski definition) is 0. The van der Waals surface area contributed by atoms with E-state index in [9.17, 15) is 4.39 Å². The smallest absolute Gasteiger partial charge is 0.124 e. The third-order valence-corrected chi connectivity index (χ3v) is 2.17. The summed E-state index contributed by atoms with van der Waals surface area (Å²) in [4.78, 5) is 0. The Morgan fingerprint density at radius 2 is 1.91 bits per heavy atom. The van der Waals surface area contributed by atoms with Crippen molar-refractivity contribution in [1.82, 2.24) is 0 Å². The Balaban J connectivity index is 3.08. The van der Waals surface area contributed by atoms with E-state index in [2.05, 4.69) is 36.4 Å². The topological polar surface area (TPSA) is 0 Å². The van der Waals surface area contributed by atoms with E-state index in [1.807, 2.05) is 6.07 Å². The number of halogens is 2. The minimum absolute atomic E-state index is 0.138. The van der Waals surface area contributed by atoms with Crippen LogP contribution < -0.4 is 0 Å². The van der Waals surface area contributed by atoms with Crippen molar-refractivity contribution in [3.63, 3.8) is 0 Å². The zero-order chi connectivity index (χ0) is 8.43. The maximum Gasteiger partial charge on any atom is 0.124 e. The average Bonchev–Trinajstić information content (AvgIpc) is 1.85. The van der Waals surface area contributed by atoms with Gasteiger partial charge in [-0.25, -0.2) is 4.39 Å². The van der Waals surface area contributed by atoms with Crippen molar-refractivity contribution in [2.24, 2.45) is 0 Å². The minimum atomic E-state index is -0.138. The van der Waals surface area contributed by atoms with Crippen LogP contribution in [0.4, 0.5) is 4.39 Å². The van der Waals surface area contributed by atoms with E-state index in [1.54, 1.807) is 6.07 Å². The molecule has 0 saturated carbocycles. The van der Waals surface area contributed by atoms with Gasteiger partial charge in [0.15, 0.2) is 0 Å². The van der Waals surface area contributed by atoms with Crippen LogP contribution in [0.25, 0.3) is 0 Å². The van der Waals surface area contributed by atoms with Crippen molar-refractivity contribution >= 4 is 22.6 Å². The normalized spacial score (nSPS) is 10.6. The fraction of sp³-hybridized carbons (Fsp3) is 0.333. The van der Waals surface area contributed by atoms with Crippen molar-refractivity contribution in [3.05, 3.63) is 33.1 Å². The summed E-state index contributed by atoms with van der Waals surface area (Å²) in [7, 11) is 0. The van der Waals surface area contributed by atoms with Gasteiger partial charge in [-0.3, -0.25) is 0 Å². The van der Waals surface area contributed by atoms with Gasteiger partial charge < -0.3 is 0 Å². The molecule has 0 atom stereocenters. The molecule has 0 aliphatic heterocycles. The van der Waals surface area contributed by atoms with Crippen LogP contribution in [0.2, 0.25) is 0 Å². The Bertz CT molecular complexity index is 235. The van der Waals surface area contributed by atoms with Crippen molar-refractivity contribution in [2.75, 3.05) is 0 Å². The lowest BCUT2D eigenvalue weighted by molar-refractivity contribution is 0.622. The molecule has 1 aromatic carbocycles. The highest BCUT2D eigenvalue weighted by atomic mass is 127. The quantitative estimate of drug-likeness (QED) is 0.680. The molecule has 0 radical (unpaired) electrons. The predicted molar refractivity (Wildman–Crippen MR) is 53.2 cm³/mol. The molecule has 0 N–H and O–H groups in total. The molecule has 1 aromatic rings. The van der Waals surface area contributed by atoms with E-state index in [-0.39, 0.29) is 5.82 Å². The first-order chi connectivity index (χ1) is 5.09. The third kappa shape index (κ3) is 2.43. The third-order valence-electron chi connectivity index (χ3n) is 1.55. The van der Waals surface area contributed by atoms with Crippen molar-refractivity contribution in [1.29, 1.82) is 0 Å². The van der Waals surface area contributed by atoms with Gasteiger partial charge in [-0.2, -0.15) is 0 Å². The second-order valence-electron chi connectivity index (χ2n) is 2.86. The summed E-state index contributed by atoms with van der Waals surface area (Å²) in [5.74, 6) is 0.264. The van der Waals surface area contributed by atoms with Gasteiger partial charge in [0.05, 0.1) is 0 Å². The molecule has 0 aliphatic carbocycles. The average molecular weight is 264 g/mol. The van der Waals surface area contributed by atoms with Gasteiger partial charge in [-0.1, -0.05) is 13.8 Å². The molecule has 0 heterocycles. The molecule has 0 fully saturated rings. The van der Waals surface area contributed by atoms with E-state index < -0.39 is 0 Å². The molecular weight excluding hydrogens is 254 g/mol. The monoisotopic (exact) mass is 264 g/mol. The number of benzene rings is 1. The van der Waals surface area contributed by atoms with Crippen LogP contribution >= 0.6 is 22.6 Å². The summed E-state index contributed by atoms with van der Waals surface area (Å²) >= 11 is 2.12. The second-order valence-corrected chi connectivity index (χ2v) is 4.10. The van der Waals surface area contributed by atoms with Crippen LogP contribution in [0, 0.1) is 9.39 Å². The fourth-order valence-electron chi connectivity index (χ4n) is 0.908. The fourth-order valence-corrected chi connectivity index (χ4v) is 1.57. The van der Waals surface area contributed by atoms with E-state index in [0.29, 0.717) is 5.92 Å². The van der Waals surface area contributed by atoms with E-state index in [1.165, 1.54) is 6.07 Å². The Labute approximate surface area is 80.0 Å². The SMILES string of the molecule is CC(C)c1cc(F)cc(I)c1. The van der Waals surface area contributed by atoms with Gasteiger partial charge >= 0.3 is 0 Å². The van der Waals surface area contributed by atoms with Gasteiger partial charge in [0, 0.05) is 3.57 Å². The van der Waals surface area contributed by atoms with Crippen LogP contribution in [0.3, 0.4) is 0 Å². The van der Waals surface area contributed by atoms with E-state index in [0.717, 1.165) is 9.13 Å². The maximum atomic E-state index is 12.8. The number of rotatable bonds is 1. The van der Waals surface area contributed by atoms with Crippen molar-refractivity contribution in [3.8, 4) is 0 Å². The lowest BCUT2D eigenvalue weighted by atomic mass is 10.0. The molecule has 0 amide bonds. The van der Waals surface area contributed by atoms with E-state index in [4.69, 9.17) is 0 Å². The molecule has 0 aromatic heterocycles. The molecule has 0 saturated heterocycles. The van der Waals surface area contributed by atoms with Gasteiger partial charge in [-0.05, 0) is 52.3 Å². The van der Waals surface area contributed by atoms with Crippen LogP contribution in [0.1, 0.15) is 25.3 Å². The summed E-state index contributed by atoms with van der Waals surface area (Å²) in [5, 5.41) is 0. The first kappa shape index (κ1) is 8.97. The molecule has 0 bridgehead atoms. The highest BCUT2D eigenvalue weighted by molar-refractivity contribution is 14.1. The summed E-state index contributed by atoms with van der Waals surface area (Å²) in [6.07, 6.45) is 0. The van der Waals surface area contributed by atoms with Crippen LogP contribution in [-0.4, -0.2) is 0 Å².